The average Bonchev–Trinajstić information content (AvgIpc) is 3.37. The molecule has 1 N–H and O–H groups in total. The molecule has 0 radical (unpaired) electrons. The maximum absolute atomic E-state index is 13.5. The zero-order valence-electron chi connectivity index (χ0n) is 21.5. The van der Waals surface area contributed by atoms with Crippen molar-refractivity contribution in [2.75, 3.05) is 54.6 Å². The van der Waals surface area contributed by atoms with Gasteiger partial charge in [-0.3, -0.25) is 9.69 Å². The van der Waals surface area contributed by atoms with E-state index in [1.807, 2.05) is 36.4 Å². The summed E-state index contributed by atoms with van der Waals surface area (Å²) < 4.78 is 18.0. The number of pyridine rings is 1. The summed E-state index contributed by atoms with van der Waals surface area (Å²) in [7, 11) is 6.91. The topological polar surface area (TPSA) is 111 Å². The first kappa shape index (κ1) is 24.7. The van der Waals surface area contributed by atoms with Crippen LogP contribution in [0.2, 0.25) is 0 Å². The smallest absolute Gasteiger partial charge is 0.253 e. The van der Waals surface area contributed by atoms with Crippen molar-refractivity contribution in [1.82, 2.24) is 35.0 Å². The molecule has 1 unspecified atom stereocenters. The lowest BCUT2D eigenvalue weighted by Gasteiger charge is -2.37. The summed E-state index contributed by atoms with van der Waals surface area (Å²) >= 11 is 0. The van der Waals surface area contributed by atoms with Crippen LogP contribution in [0.1, 0.15) is 23.0 Å². The predicted molar refractivity (Wildman–Crippen MR) is 138 cm³/mol. The number of hydrogen-bond acceptors (Lipinski definition) is 9. The molecule has 2 aromatic carbocycles. The molecule has 3 heterocycles. The number of piperazine rings is 1. The zero-order chi connectivity index (χ0) is 25.9. The van der Waals surface area contributed by atoms with Gasteiger partial charge >= 0.3 is 0 Å². The highest BCUT2D eigenvalue weighted by atomic mass is 16.5. The molecule has 5 rings (SSSR count). The maximum Gasteiger partial charge on any atom is 0.253 e. The van der Waals surface area contributed by atoms with E-state index in [4.69, 9.17) is 14.2 Å². The lowest BCUT2D eigenvalue weighted by molar-refractivity contribution is 0.121. The van der Waals surface area contributed by atoms with Gasteiger partial charge in [0.2, 0.25) is 0 Å². The average molecular weight is 506 g/mol. The number of fused-ring (bicyclic) bond motifs is 1. The van der Waals surface area contributed by atoms with E-state index in [1.165, 1.54) is 0 Å². The Morgan fingerprint density at radius 3 is 2.32 bits per heavy atom. The van der Waals surface area contributed by atoms with Crippen molar-refractivity contribution >= 4 is 10.9 Å². The Hall–Kier alpha value is -3.96. The van der Waals surface area contributed by atoms with E-state index in [2.05, 4.69) is 37.4 Å². The van der Waals surface area contributed by atoms with Crippen LogP contribution >= 0.6 is 0 Å². The number of aromatic amines is 1. The second kappa shape index (κ2) is 10.6. The predicted octanol–water partition coefficient (Wildman–Crippen LogP) is 1.93. The molecule has 0 saturated carbocycles. The van der Waals surface area contributed by atoms with Gasteiger partial charge in [0.05, 0.1) is 33.4 Å². The monoisotopic (exact) mass is 505 g/mol. The largest absolute Gasteiger partial charge is 0.497 e. The number of hydrogen-bond donors (Lipinski definition) is 1. The highest BCUT2D eigenvalue weighted by Crippen LogP contribution is 2.33. The van der Waals surface area contributed by atoms with Crippen molar-refractivity contribution in [3.63, 3.8) is 0 Å². The molecule has 11 nitrogen and oxygen atoms in total. The molecule has 4 aromatic rings. The number of benzene rings is 2. The second-order valence-corrected chi connectivity index (χ2v) is 9.13. The second-order valence-electron chi connectivity index (χ2n) is 9.13. The number of tetrazole rings is 1. The summed E-state index contributed by atoms with van der Waals surface area (Å²) in [5, 5.41) is 13.6. The van der Waals surface area contributed by atoms with E-state index in [0.717, 1.165) is 42.9 Å². The summed E-state index contributed by atoms with van der Waals surface area (Å²) in [5.74, 6) is 2.54. The van der Waals surface area contributed by atoms with Crippen molar-refractivity contribution in [3.8, 4) is 17.2 Å². The van der Waals surface area contributed by atoms with Crippen LogP contribution in [0.15, 0.2) is 47.3 Å². The van der Waals surface area contributed by atoms with Crippen molar-refractivity contribution in [2.24, 2.45) is 0 Å². The lowest BCUT2D eigenvalue weighted by Crippen LogP contribution is -2.47. The number of nitrogens with zero attached hydrogens (tertiary/aromatic N) is 6. The van der Waals surface area contributed by atoms with Crippen molar-refractivity contribution in [3.05, 3.63) is 69.8 Å². The molecule has 194 valence electrons. The van der Waals surface area contributed by atoms with E-state index in [1.54, 1.807) is 32.1 Å². The Kier molecular flexibility index (Phi) is 7.06. The Labute approximate surface area is 214 Å². The van der Waals surface area contributed by atoms with Gasteiger partial charge in [-0.05, 0) is 47.3 Å². The number of nitrogens with one attached hydrogen (secondary N) is 1. The van der Waals surface area contributed by atoms with Crippen LogP contribution < -0.4 is 19.8 Å². The summed E-state index contributed by atoms with van der Waals surface area (Å²) in [5.41, 5.74) is 2.08. The molecule has 0 aliphatic carbocycles. The van der Waals surface area contributed by atoms with Crippen LogP contribution in [-0.2, 0) is 6.54 Å². The van der Waals surface area contributed by atoms with Crippen molar-refractivity contribution in [2.45, 2.75) is 12.6 Å². The highest BCUT2D eigenvalue weighted by Gasteiger charge is 2.32. The third-order valence-electron chi connectivity index (χ3n) is 6.87. The summed E-state index contributed by atoms with van der Waals surface area (Å²) in [6.45, 7) is 3.78. The van der Waals surface area contributed by atoms with Gasteiger partial charge in [-0.25, -0.2) is 4.68 Å². The SMILES string of the molecule is COc1ccc(Cn2nnnc2C(c2cc3cc(OC)c(OC)cc3[nH]c2=O)N2CCN(C)CC2)cc1. The van der Waals surface area contributed by atoms with E-state index >= 15 is 0 Å². The molecule has 11 heteroatoms. The van der Waals surface area contributed by atoms with Crippen LogP contribution in [0.4, 0.5) is 0 Å². The fourth-order valence-corrected chi connectivity index (χ4v) is 4.76. The van der Waals surface area contributed by atoms with Gasteiger partial charge in [-0.1, -0.05) is 12.1 Å². The minimum absolute atomic E-state index is 0.192. The third-order valence-corrected chi connectivity index (χ3v) is 6.87. The Balaban J connectivity index is 1.60. The number of methoxy groups -OCH3 is 3. The van der Waals surface area contributed by atoms with Crippen LogP contribution in [0.3, 0.4) is 0 Å². The van der Waals surface area contributed by atoms with Gasteiger partial charge in [0.25, 0.3) is 5.56 Å². The molecule has 1 aliphatic heterocycles. The number of ether oxygens (including phenoxy) is 3. The molecule has 1 saturated heterocycles. The molecular weight excluding hydrogens is 474 g/mol. The fourth-order valence-electron chi connectivity index (χ4n) is 4.76. The van der Waals surface area contributed by atoms with Crippen LogP contribution in [0.25, 0.3) is 10.9 Å². The number of H-pyrrole nitrogens is 1. The van der Waals surface area contributed by atoms with E-state index in [-0.39, 0.29) is 5.56 Å². The van der Waals surface area contributed by atoms with E-state index < -0.39 is 6.04 Å². The van der Waals surface area contributed by atoms with E-state index in [0.29, 0.717) is 34.9 Å². The Morgan fingerprint density at radius 1 is 0.946 bits per heavy atom. The summed E-state index contributed by atoms with van der Waals surface area (Å²) in [6.07, 6.45) is 0. The molecule has 0 bridgehead atoms. The molecule has 2 aromatic heterocycles. The zero-order valence-corrected chi connectivity index (χ0v) is 21.5. The minimum atomic E-state index is -0.428. The van der Waals surface area contributed by atoms with Crippen molar-refractivity contribution < 1.29 is 14.2 Å². The lowest BCUT2D eigenvalue weighted by atomic mass is 10.0. The van der Waals surface area contributed by atoms with Gasteiger partial charge in [0.1, 0.15) is 11.8 Å². The molecule has 1 fully saturated rings. The summed E-state index contributed by atoms with van der Waals surface area (Å²) in [6, 6.07) is 12.9. The van der Waals surface area contributed by atoms with Crippen LogP contribution in [0, 0.1) is 0 Å². The van der Waals surface area contributed by atoms with Gasteiger partial charge in [0, 0.05) is 43.2 Å². The Morgan fingerprint density at radius 2 is 1.65 bits per heavy atom. The molecule has 1 atom stereocenters. The molecule has 0 spiro atoms. The standard InChI is InChI=1S/C26H31N7O4/c1-31-9-11-32(12-10-31)24(25-28-29-30-33(25)16-17-5-7-19(35-2)8-6-17)20-13-18-14-22(36-3)23(37-4)15-21(18)27-26(20)34/h5-8,13-15,24H,9-12,16H2,1-4H3,(H,27,34). The minimum Gasteiger partial charge on any atom is -0.497 e. The van der Waals surface area contributed by atoms with Gasteiger partial charge in [-0.15, -0.1) is 5.10 Å². The number of aromatic nitrogens is 5. The normalized spacial score (nSPS) is 15.6. The third kappa shape index (κ3) is 5.00. The molecule has 1 aliphatic rings. The first-order chi connectivity index (χ1) is 18.0. The first-order valence-corrected chi connectivity index (χ1v) is 12.1. The van der Waals surface area contributed by atoms with Gasteiger partial charge in [0.15, 0.2) is 17.3 Å². The molecular formula is C26H31N7O4. The Bertz CT molecular complexity index is 1430. The van der Waals surface area contributed by atoms with Crippen LogP contribution in [-0.4, -0.2) is 89.5 Å². The molecule has 37 heavy (non-hydrogen) atoms. The summed E-state index contributed by atoms with van der Waals surface area (Å²) in [4.78, 5) is 21.1. The number of likely N-dealkylation sites (N-methyl/N-ethyl adjacent to an activating group) is 1. The first-order valence-electron chi connectivity index (χ1n) is 12.1. The fraction of sp³-hybridized carbons (Fsp3) is 0.385. The maximum atomic E-state index is 13.5. The van der Waals surface area contributed by atoms with Gasteiger partial charge in [-0.2, -0.15) is 0 Å². The number of rotatable bonds is 8. The van der Waals surface area contributed by atoms with Gasteiger partial charge < -0.3 is 24.1 Å². The quantitative estimate of drug-likeness (QED) is 0.384. The van der Waals surface area contributed by atoms with Crippen molar-refractivity contribution in [1.29, 1.82) is 0 Å². The van der Waals surface area contributed by atoms with Crippen LogP contribution in [0.5, 0.6) is 17.2 Å². The van der Waals surface area contributed by atoms with E-state index in [9.17, 15) is 4.79 Å². The highest BCUT2D eigenvalue weighted by molar-refractivity contribution is 5.83. The molecule has 0 amide bonds.